The van der Waals surface area contributed by atoms with Gasteiger partial charge in [-0.15, -0.1) is 0 Å². The minimum Gasteiger partial charge on any atom is -0.374 e. The highest BCUT2D eigenvalue weighted by Crippen LogP contribution is 2.21. The van der Waals surface area contributed by atoms with E-state index in [-0.39, 0.29) is 11.7 Å². The molecule has 0 aliphatic heterocycles. The minimum atomic E-state index is -0.478. The molecule has 0 bridgehead atoms. The molecule has 1 heterocycles. The van der Waals surface area contributed by atoms with E-state index >= 15 is 0 Å². The molecule has 0 aliphatic carbocycles. The molecule has 1 unspecified atom stereocenters. The molecule has 88 valence electrons. The predicted octanol–water partition coefficient (Wildman–Crippen LogP) is 3.53. The smallest absolute Gasteiger partial charge is 0.146 e. The van der Waals surface area contributed by atoms with Crippen LogP contribution in [0.25, 0.3) is 0 Å². The monoisotopic (exact) mass is 234 g/mol. The summed E-state index contributed by atoms with van der Waals surface area (Å²) in [7, 11) is 0. The lowest BCUT2D eigenvalue weighted by Crippen LogP contribution is -2.09. The number of pyridine rings is 1. The number of rotatable bonds is 3. The van der Waals surface area contributed by atoms with Crippen LogP contribution >= 0.6 is 0 Å². The first-order chi connectivity index (χ1) is 8.16. The van der Waals surface area contributed by atoms with E-state index in [2.05, 4.69) is 10.3 Å². The Morgan fingerprint density at radius 2 is 2.00 bits per heavy atom. The van der Waals surface area contributed by atoms with Crippen molar-refractivity contribution in [2.75, 3.05) is 5.32 Å². The van der Waals surface area contributed by atoms with Gasteiger partial charge in [-0.05, 0) is 37.3 Å². The molecule has 2 rings (SSSR count). The summed E-state index contributed by atoms with van der Waals surface area (Å²) in [5.74, 6) is -0.948. The molecule has 0 saturated heterocycles. The van der Waals surface area contributed by atoms with E-state index in [1.54, 1.807) is 12.3 Å². The molecule has 17 heavy (non-hydrogen) atoms. The van der Waals surface area contributed by atoms with E-state index in [1.165, 1.54) is 0 Å². The van der Waals surface area contributed by atoms with Crippen molar-refractivity contribution in [3.05, 3.63) is 59.9 Å². The largest absolute Gasteiger partial charge is 0.374 e. The van der Waals surface area contributed by atoms with Crippen molar-refractivity contribution in [2.45, 2.75) is 13.0 Å². The third kappa shape index (κ3) is 2.78. The fraction of sp³-hybridized carbons (Fsp3) is 0.154. The highest BCUT2D eigenvalue weighted by atomic mass is 19.1. The average molecular weight is 234 g/mol. The lowest BCUT2D eigenvalue weighted by Gasteiger charge is -2.15. The number of hydrogen-bond acceptors (Lipinski definition) is 2. The maximum absolute atomic E-state index is 13.4. The summed E-state index contributed by atoms with van der Waals surface area (Å²) in [6.07, 6.45) is 1.66. The maximum Gasteiger partial charge on any atom is 0.146 e. The van der Waals surface area contributed by atoms with Crippen LogP contribution in [-0.2, 0) is 0 Å². The fourth-order valence-corrected chi connectivity index (χ4v) is 1.55. The lowest BCUT2D eigenvalue weighted by molar-refractivity contribution is 0.600. The van der Waals surface area contributed by atoms with Gasteiger partial charge in [-0.25, -0.2) is 8.78 Å². The molecule has 1 N–H and O–H groups in total. The van der Waals surface area contributed by atoms with Crippen LogP contribution in [0, 0.1) is 11.6 Å². The molecule has 4 heteroatoms. The molecule has 2 nitrogen and oxygen atoms in total. The van der Waals surface area contributed by atoms with Crippen LogP contribution in [0.2, 0.25) is 0 Å². The summed E-state index contributed by atoms with van der Waals surface area (Å²) in [6, 6.07) is 8.62. The number of benzene rings is 1. The van der Waals surface area contributed by atoms with Gasteiger partial charge in [0.2, 0.25) is 0 Å². The summed E-state index contributed by atoms with van der Waals surface area (Å²) >= 11 is 0. The minimum absolute atomic E-state index is 0.142. The summed E-state index contributed by atoms with van der Waals surface area (Å²) in [5.41, 5.74) is 0.916. The van der Waals surface area contributed by atoms with Crippen molar-refractivity contribution in [1.29, 1.82) is 0 Å². The van der Waals surface area contributed by atoms with E-state index < -0.39 is 11.6 Å². The van der Waals surface area contributed by atoms with Crippen LogP contribution in [0.3, 0.4) is 0 Å². The number of nitrogens with one attached hydrogen (secondary N) is 1. The molecule has 0 aliphatic rings. The zero-order valence-electron chi connectivity index (χ0n) is 9.32. The van der Waals surface area contributed by atoms with Gasteiger partial charge >= 0.3 is 0 Å². The molecule has 0 radical (unpaired) electrons. The summed E-state index contributed by atoms with van der Waals surface area (Å²) < 4.78 is 26.4. The summed E-state index contributed by atoms with van der Waals surface area (Å²) in [6.45, 7) is 1.84. The van der Waals surface area contributed by atoms with Crippen molar-refractivity contribution >= 4 is 5.69 Å². The van der Waals surface area contributed by atoms with E-state index in [0.717, 1.165) is 23.9 Å². The number of nitrogens with zero attached hydrogens (tertiary/aromatic N) is 1. The Morgan fingerprint density at radius 1 is 1.18 bits per heavy atom. The SMILES string of the molecule is CC(Nc1cc(F)ccc1F)c1ccccn1. The number of anilines is 1. The fourth-order valence-electron chi connectivity index (χ4n) is 1.55. The second-order valence-electron chi connectivity index (χ2n) is 3.74. The van der Waals surface area contributed by atoms with Crippen LogP contribution in [0.15, 0.2) is 42.6 Å². The van der Waals surface area contributed by atoms with Crippen molar-refractivity contribution in [2.24, 2.45) is 0 Å². The second kappa shape index (κ2) is 4.91. The van der Waals surface area contributed by atoms with Crippen LogP contribution in [0.5, 0.6) is 0 Å². The first-order valence-electron chi connectivity index (χ1n) is 5.29. The molecule has 1 aromatic heterocycles. The van der Waals surface area contributed by atoms with E-state index in [9.17, 15) is 8.78 Å². The molecular formula is C13H12F2N2. The lowest BCUT2D eigenvalue weighted by atomic mass is 10.2. The van der Waals surface area contributed by atoms with Gasteiger partial charge in [0.25, 0.3) is 0 Å². The molecule has 0 spiro atoms. The molecule has 0 fully saturated rings. The summed E-state index contributed by atoms with van der Waals surface area (Å²) in [4.78, 5) is 4.15. The quantitative estimate of drug-likeness (QED) is 0.878. The zero-order valence-corrected chi connectivity index (χ0v) is 9.32. The Balaban J connectivity index is 2.18. The third-order valence-corrected chi connectivity index (χ3v) is 2.43. The maximum atomic E-state index is 13.4. The molecule has 0 saturated carbocycles. The Labute approximate surface area is 98.3 Å². The Morgan fingerprint density at radius 3 is 2.71 bits per heavy atom. The van der Waals surface area contributed by atoms with E-state index in [1.807, 2.05) is 19.1 Å². The van der Waals surface area contributed by atoms with Gasteiger partial charge in [0, 0.05) is 6.20 Å². The topological polar surface area (TPSA) is 24.9 Å². The predicted molar refractivity (Wildman–Crippen MR) is 62.6 cm³/mol. The van der Waals surface area contributed by atoms with Gasteiger partial charge in [-0.2, -0.15) is 0 Å². The Hall–Kier alpha value is -1.97. The first-order valence-corrected chi connectivity index (χ1v) is 5.29. The van der Waals surface area contributed by atoms with Gasteiger partial charge in [0.15, 0.2) is 0 Å². The molecular weight excluding hydrogens is 222 g/mol. The Kier molecular flexibility index (Phi) is 3.32. The van der Waals surface area contributed by atoms with Crippen molar-refractivity contribution in [3.63, 3.8) is 0 Å². The van der Waals surface area contributed by atoms with Crippen molar-refractivity contribution in [3.8, 4) is 0 Å². The van der Waals surface area contributed by atoms with Gasteiger partial charge < -0.3 is 5.32 Å². The molecule has 2 aromatic rings. The standard InChI is InChI=1S/C13H12F2N2/c1-9(12-4-2-3-7-16-12)17-13-8-10(14)5-6-11(13)15/h2-9,17H,1H3. The molecule has 1 aromatic carbocycles. The van der Waals surface area contributed by atoms with Crippen LogP contribution in [0.1, 0.15) is 18.7 Å². The van der Waals surface area contributed by atoms with Crippen molar-refractivity contribution in [1.82, 2.24) is 4.98 Å². The average Bonchev–Trinajstić information content (AvgIpc) is 2.35. The highest BCUT2D eigenvalue weighted by molar-refractivity contribution is 5.46. The number of hydrogen-bond donors (Lipinski definition) is 1. The van der Waals surface area contributed by atoms with Crippen LogP contribution in [-0.4, -0.2) is 4.98 Å². The number of aromatic nitrogens is 1. The molecule has 0 amide bonds. The van der Waals surface area contributed by atoms with Crippen LogP contribution < -0.4 is 5.32 Å². The van der Waals surface area contributed by atoms with Gasteiger partial charge in [0.1, 0.15) is 11.6 Å². The normalized spacial score (nSPS) is 12.2. The first kappa shape index (κ1) is 11.5. The van der Waals surface area contributed by atoms with Gasteiger partial charge in [0.05, 0.1) is 17.4 Å². The summed E-state index contributed by atoms with van der Waals surface area (Å²) in [5, 5.41) is 2.89. The van der Waals surface area contributed by atoms with Gasteiger partial charge in [-0.1, -0.05) is 6.07 Å². The highest BCUT2D eigenvalue weighted by Gasteiger charge is 2.09. The van der Waals surface area contributed by atoms with Crippen LogP contribution in [0.4, 0.5) is 14.5 Å². The molecule has 1 atom stereocenters. The van der Waals surface area contributed by atoms with E-state index in [4.69, 9.17) is 0 Å². The van der Waals surface area contributed by atoms with Crippen molar-refractivity contribution < 1.29 is 8.78 Å². The third-order valence-electron chi connectivity index (χ3n) is 2.43. The van der Waals surface area contributed by atoms with Gasteiger partial charge in [-0.3, -0.25) is 4.98 Å². The zero-order chi connectivity index (χ0) is 12.3. The second-order valence-corrected chi connectivity index (χ2v) is 3.74. The Bertz CT molecular complexity index is 500. The van der Waals surface area contributed by atoms with E-state index in [0.29, 0.717) is 0 Å². The number of halogens is 2.